The number of pyridine rings is 1. The van der Waals surface area contributed by atoms with Gasteiger partial charge in [0.1, 0.15) is 21.6 Å². The van der Waals surface area contributed by atoms with Gasteiger partial charge in [-0.3, -0.25) is 14.0 Å². The molecule has 2 fully saturated rings. The highest BCUT2D eigenvalue weighted by Crippen LogP contribution is 2.41. The summed E-state index contributed by atoms with van der Waals surface area (Å²) in [6.45, 7) is 6.41. The minimum absolute atomic E-state index is 0.101. The molecule has 1 aliphatic heterocycles. The standard InChI is InChI=1S/C22H25FN4O4S/c1-22(2,3)31-21(30)24-11-6-7-26(10-11)16-9-15-13(8-14(16)23)18(28)17-19(29)25-32-20(17)27(15)12-4-5-12/h8-9,11-12H,4-7,10H2,1-3H3,(H,24,30)(H,25,29). The minimum Gasteiger partial charge on any atom is -0.444 e. The van der Waals surface area contributed by atoms with E-state index in [0.29, 0.717) is 35.5 Å². The monoisotopic (exact) mass is 460 g/mol. The van der Waals surface area contributed by atoms with Crippen molar-refractivity contribution in [3.05, 3.63) is 38.5 Å². The Morgan fingerprint density at radius 3 is 2.69 bits per heavy atom. The zero-order valence-corrected chi connectivity index (χ0v) is 19.0. The Labute approximate surface area is 187 Å². The van der Waals surface area contributed by atoms with Crippen LogP contribution in [-0.2, 0) is 4.74 Å². The van der Waals surface area contributed by atoms with Crippen molar-refractivity contribution in [3.8, 4) is 0 Å². The molecule has 1 unspecified atom stereocenters. The number of anilines is 1. The molecule has 0 bridgehead atoms. The van der Waals surface area contributed by atoms with E-state index in [1.807, 2.05) is 9.47 Å². The van der Waals surface area contributed by atoms with Crippen LogP contribution < -0.4 is 21.2 Å². The van der Waals surface area contributed by atoms with Crippen LogP contribution in [0.15, 0.2) is 21.7 Å². The third kappa shape index (κ3) is 3.66. The van der Waals surface area contributed by atoms with Gasteiger partial charge in [-0.2, -0.15) is 0 Å². The SMILES string of the molecule is CC(C)(C)OC(=O)NC1CCN(c2cc3c(cc2F)c(=O)c2c(=O)[nH]sc2n3C2CC2)C1. The maximum absolute atomic E-state index is 15.2. The van der Waals surface area contributed by atoms with Crippen molar-refractivity contribution in [2.45, 2.75) is 57.7 Å². The number of rotatable bonds is 3. The van der Waals surface area contributed by atoms with Gasteiger partial charge in [0, 0.05) is 24.5 Å². The number of carbonyl (C=O) groups excluding carboxylic acids is 1. The lowest BCUT2D eigenvalue weighted by Gasteiger charge is -2.23. The molecular weight excluding hydrogens is 435 g/mol. The summed E-state index contributed by atoms with van der Waals surface area (Å²) >= 11 is 1.15. The summed E-state index contributed by atoms with van der Waals surface area (Å²) in [5.41, 5.74) is -0.423. The van der Waals surface area contributed by atoms with Crippen LogP contribution >= 0.6 is 11.5 Å². The molecule has 1 atom stereocenters. The second-order valence-electron chi connectivity index (χ2n) is 9.54. The second-order valence-corrected chi connectivity index (χ2v) is 10.3. The van der Waals surface area contributed by atoms with Gasteiger partial charge in [-0.1, -0.05) is 0 Å². The first-order valence-corrected chi connectivity index (χ1v) is 11.6. The maximum Gasteiger partial charge on any atom is 0.407 e. The number of nitrogens with one attached hydrogen (secondary N) is 2. The number of hydrogen-bond donors (Lipinski definition) is 2. The number of amides is 1. The lowest BCUT2D eigenvalue weighted by atomic mass is 10.1. The predicted octanol–water partition coefficient (Wildman–Crippen LogP) is 3.48. The van der Waals surface area contributed by atoms with Crippen LogP contribution in [0.3, 0.4) is 0 Å². The van der Waals surface area contributed by atoms with E-state index >= 15 is 4.39 Å². The number of aromatic nitrogens is 2. The number of fused-ring (bicyclic) bond motifs is 2. The average molecular weight is 461 g/mol. The highest BCUT2D eigenvalue weighted by Gasteiger charge is 2.31. The van der Waals surface area contributed by atoms with Crippen molar-refractivity contribution < 1.29 is 13.9 Å². The number of benzene rings is 1. The topological polar surface area (TPSA) is 96.4 Å². The number of H-pyrrole nitrogens is 1. The first-order valence-electron chi connectivity index (χ1n) is 10.8. The number of halogens is 1. The normalized spacial score (nSPS) is 19.1. The third-order valence-corrected chi connectivity index (χ3v) is 6.74. The number of aromatic amines is 1. The molecule has 1 aromatic carbocycles. The molecule has 1 saturated heterocycles. The maximum atomic E-state index is 15.2. The van der Waals surface area contributed by atoms with Gasteiger partial charge in [0.05, 0.1) is 17.2 Å². The number of ether oxygens (including phenoxy) is 1. The fourth-order valence-corrected chi connectivity index (χ4v) is 5.27. The summed E-state index contributed by atoms with van der Waals surface area (Å²) in [5.74, 6) is -0.513. The van der Waals surface area contributed by atoms with Crippen molar-refractivity contribution in [3.63, 3.8) is 0 Å². The lowest BCUT2D eigenvalue weighted by Crippen LogP contribution is -2.40. The number of nitrogens with zero attached hydrogens (tertiary/aromatic N) is 2. The fraction of sp³-hybridized carbons (Fsp3) is 0.500. The van der Waals surface area contributed by atoms with Gasteiger partial charge < -0.3 is 19.5 Å². The van der Waals surface area contributed by atoms with Gasteiger partial charge in [0.2, 0.25) is 5.43 Å². The van der Waals surface area contributed by atoms with E-state index in [4.69, 9.17) is 4.74 Å². The van der Waals surface area contributed by atoms with E-state index in [1.165, 1.54) is 6.07 Å². The molecule has 32 heavy (non-hydrogen) atoms. The van der Waals surface area contributed by atoms with E-state index in [-0.39, 0.29) is 22.9 Å². The molecule has 1 saturated carbocycles. The molecule has 2 aliphatic rings. The van der Waals surface area contributed by atoms with Crippen molar-refractivity contribution in [2.75, 3.05) is 18.0 Å². The van der Waals surface area contributed by atoms with E-state index in [1.54, 1.807) is 26.8 Å². The smallest absolute Gasteiger partial charge is 0.407 e. The quantitative estimate of drug-likeness (QED) is 0.624. The summed E-state index contributed by atoms with van der Waals surface area (Å²) in [6, 6.07) is 2.99. The molecule has 5 rings (SSSR count). The third-order valence-electron chi connectivity index (χ3n) is 5.86. The summed E-state index contributed by atoms with van der Waals surface area (Å²) in [5, 5.41) is 3.17. The molecule has 2 aromatic heterocycles. The van der Waals surface area contributed by atoms with E-state index in [0.717, 1.165) is 24.4 Å². The largest absolute Gasteiger partial charge is 0.444 e. The first-order chi connectivity index (χ1) is 15.1. The van der Waals surface area contributed by atoms with Crippen molar-refractivity contribution >= 4 is 44.4 Å². The molecule has 0 spiro atoms. The summed E-state index contributed by atoms with van der Waals surface area (Å²) in [6.07, 6.45) is 2.08. The number of carbonyl (C=O) groups is 1. The molecule has 1 aliphatic carbocycles. The Hall–Kier alpha value is -2.88. The van der Waals surface area contributed by atoms with Crippen LogP contribution in [0.4, 0.5) is 14.9 Å². The lowest BCUT2D eigenvalue weighted by molar-refractivity contribution is 0.0509. The molecule has 10 heteroatoms. The summed E-state index contributed by atoms with van der Waals surface area (Å²) < 4.78 is 25.1. The zero-order valence-electron chi connectivity index (χ0n) is 18.2. The molecule has 3 aromatic rings. The van der Waals surface area contributed by atoms with Gasteiger partial charge in [0.15, 0.2) is 0 Å². The van der Waals surface area contributed by atoms with E-state index in [9.17, 15) is 14.4 Å². The van der Waals surface area contributed by atoms with Crippen LogP contribution in [-0.4, -0.2) is 39.8 Å². The zero-order chi connectivity index (χ0) is 22.8. The van der Waals surface area contributed by atoms with E-state index in [2.05, 4.69) is 9.69 Å². The highest BCUT2D eigenvalue weighted by molar-refractivity contribution is 7.12. The Bertz CT molecular complexity index is 1350. The first kappa shape index (κ1) is 21.0. The molecule has 170 valence electrons. The average Bonchev–Trinajstić information content (AvgIpc) is 3.30. The predicted molar refractivity (Wildman–Crippen MR) is 122 cm³/mol. The Morgan fingerprint density at radius 1 is 1.25 bits per heavy atom. The summed E-state index contributed by atoms with van der Waals surface area (Å²) in [7, 11) is 0. The second kappa shape index (κ2) is 7.33. The van der Waals surface area contributed by atoms with Crippen LogP contribution in [0.5, 0.6) is 0 Å². The van der Waals surface area contributed by atoms with Crippen molar-refractivity contribution in [2.24, 2.45) is 0 Å². The molecule has 3 heterocycles. The van der Waals surface area contributed by atoms with Crippen LogP contribution in [0.25, 0.3) is 21.1 Å². The van der Waals surface area contributed by atoms with E-state index < -0.39 is 28.5 Å². The van der Waals surface area contributed by atoms with Gasteiger partial charge in [-0.25, -0.2) is 9.18 Å². The molecule has 1 amide bonds. The minimum atomic E-state index is -0.589. The molecule has 0 radical (unpaired) electrons. The van der Waals surface area contributed by atoms with Crippen LogP contribution in [0, 0.1) is 5.82 Å². The van der Waals surface area contributed by atoms with Crippen LogP contribution in [0.1, 0.15) is 46.1 Å². The fourth-order valence-electron chi connectivity index (χ4n) is 4.35. The molecule has 2 N–H and O–H groups in total. The van der Waals surface area contributed by atoms with Crippen LogP contribution in [0.2, 0.25) is 0 Å². The van der Waals surface area contributed by atoms with Gasteiger partial charge in [-0.15, -0.1) is 0 Å². The number of hydrogen-bond acceptors (Lipinski definition) is 6. The molecular formula is C22H25FN4O4S. The highest BCUT2D eigenvalue weighted by atomic mass is 32.1. The van der Waals surface area contributed by atoms with Gasteiger partial charge in [0.25, 0.3) is 5.56 Å². The number of alkyl carbamates (subject to hydrolysis) is 1. The van der Waals surface area contributed by atoms with Gasteiger partial charge >= 0.3 is 6.09 Å². The van der Waals surface area contributed by atoms with Gasteiger partial charge in [-0.05, 0) is 63.7 Å². The Morgan fingerprint density at radius 2 is 2.00 bits per heavy atom. The van der Waals surface area contributed by atoms with Crippen molar-refractivity contribution in [1.29, 1.82) is 0 Å². The summed E-state index contributed by atoms with van der Waals surface area (Å²) in [4.78, 5) is 39.8. The van der Waals surface area contributed by atoms with Crippen molar-refractivity contribution in [1.82, 2.24) is 14.3 Å². The molecule has 8 nitrogen and oxygen atoms in total. The Balaban J connectivity index is 1.51. The Kier molecular flexibility index (Phi) is 4.81.